The van der Waals surface area contributed by atoms with Gasteiger partial charge in [-0.1, -0.05) is 0 Å². The van der Waals surface area contributed by atoms with Gasteiger partial charge >= 0.3 is 5.97 Å². The van der Waals surface area contributed by atoms with Gasteiger partial charge in [0.1, 0.15) is 13.2 Å². The SMILES string of the molecule is COCC(=O)/C=C/C(=O)OCCN1CCCS1(=O)=O. The molecular weight excluding hydrogens is 274 g/mol. The molecule has 1 fully saturated rings. The van der Waals surface area contributed by atoms with Crippen molar-refractivity contribution in [2.24, 2.45) is 0 Å². The molecule has 1 heterocycles. The number of sulfonamides is 1. The minimum absolute atomic E-state index is 0.0269. The fourth-order valence-electron chi connectivity index (χ4n) is 1.59. The van der Waals surface area contributed by atoms with Crippen LogP contribution in [0.4, 0.5) is 0 Å². The van der Waals surface area contributed by atoms with Gasteiger partial charge in [-0.15, -0.1) is 0 Å². The van der Waals surface area contributed by atoms with Gasteiger partial charge in [0.05, 0.1) is 5.75 Å². The Bertz CT molecular complexity index is 456. The molecule has 0 spiro atoms. The maximum absolute atomic E-state index is 11.4. The van der Waals surface area contributed by atoms with E-state index in [1.54, 1.807) is 0 Å². The third-order valence-corrected chi connectivity index (χ3v) is 4.44. The van der Waals surface area contributed by atoms with Crippen LogP contribution in [-0.2, 0) is 29.1 Å². The Balaban J connectivity index is 2.26. The summed E-state index contributed by atoms with van der Waals surface area (Å²) in [6.07, 6.45) is 2.67. The van der Waals surface area contributed by atoms with E-state index in [0.29, 0.717) is 13.0 Å². The number of nitrogens with zero attached hydrogens (tertiary/aromatic N) is 1. The van der Waals surface area contributed by atoms with Gasteiger partial charge in [0.15, 0.2) is 5.78 Å². The van der Waals surface area contributed by atoms with E-state index in [0.717, 1.165) is 12.2 Å². The van der Waals surface area contributed by atoms with Crippen LogP contribution in [0.1, 0.15) is 6.42 Å². The first-order chi connectivity index (χ1) is 8.95. The molecule has 0 amide bonds. The molecule has 1 aliphatic rings. The highest BCUT2D eigenvalue weighted by molar-refractivity contribution is 7.89. The lowest BCUT2D eigenvalue weighted by molar-refractivity contribution is -0.138. The van der Waals surface area contributed by atoms with Crippen molar-refractivity contribution in [1.82, 2.24) is 4.31 Å². The van der Waals surface area contributed by atoms with Crippen molar-refractivity contribution in [2.75, 3.05) is 39.2 Å². The molecule has 0 radical (unpaired) electrons. The third kappa shape index (κ3) is 5.50. The summed E-state index contributed by atoms with van der Waals surface area (Å²) in [5.74, 6) is -0.880. The molecule has 0 atom stereocenters. The topological polar surface area (TPSA) is 90.0 Å². The number of rotatable bonds is 7. The normalized spacial score (nSPS) is 18.8. The maximum atomic E-state index is 11.4. The molecule has 0 N–H and O–H groups in total. The lowest BCUT2D eigenvalue weighted by atomic mass is 10.3. The Morgan fingerprint density at radius 2 is 2.05 bits per heavy atom. The first kappa shape index (κ1) is 15.8. The van der Waals surface area contributed by atoms with Crippen molar-refractivity contribution in [3.05, 3.63) is 12.2 Å². The van der Waals surface area contributed by atoms with Gasteiger partial charge in [0.2, 0.25) is 10.0 Å². The minimum atomic E-state index is -3.16. The van der Waals surface area contributed by atoms with E-state index in [9.17, 15) is 18.0 Å². The molecule has 1 aliphatic heterocycles. The van der Waals surface area contributed by atoms with E-state index in [1.165, 1.54) is 11.4 Å². The highest BCUT2D eigenvalue weighted by Crippen LogP contribution is 2.12. The predicted octanol–water partition coefficient (Wildman–Crippen LogP) is -0.663. The zero-order chi connectivity index (χ0) is 14.3. The van der Waals surface area contributed by atoms with Crippen LogP contribution < -0.4 is 0 Å². The lowest BCUT2D eigenvalue weighted by Crippen LogP contribution is -2.29. The Morgan fingerprint density at radius 1 is 1.32 bits per heavy atom. The molecule has 0 aromatic carbocycles. The van der Waals surface area contributed by atoms with Crippen LogP contribution in [0, 0.1) is 0 Å². The zero-order valence-corrected chi connectivity index (χ0v) is 11.5. The molecule has 0 aliphatic carbocycles. The summed E-state index contributed by atoms with van der Waals surface area (Å²) < 4.78 is 33.5. The summed E-state index contributed by atoms with van der Waals surface area (Å²) in [5, 5.41) is 0. The van der Waals surface area contributed by atoms with E-state index in [2.05, 4.69) is 4.74 Å². The average Bonchev–Trinajstić information content (AvgIpc) is 2.67. The van der Waals surface area contributed by atoms with E-state index < -0.39 is 16.0 Å². The van der Waals surface area contributed by atoms with Crippen LogP contribution in [0.15, 0.2) is 12.2 Å². The van der Waals surface area contributed by atoms with E-state index >= 15 is 0 Å². The lowest BCUT2D eigenvalue weighted by Gasteiger charge is -2.13. The van der Waals surface area contributed by atoms with Crippen molar-refractivity contribution in [3.63, 3.8) is 0 Å². The van der Waals surface area contributed by atoms with E-state index in [4.69, 9.17) is 4.74 Å². The Morgan fingerprint density at radius 3 is 2.63 bits per heavy atom. The Hall–Kier alpha value is -1.25. The number of carbonyl (C=O) groups is 2. The molecule has 0 aromatic heterocycles. The Kier molecular flexibility index (Phi) is 6.13. The summed E-state index contributed by atoms with van der Waals surface area (Å²) >= 11 is 0. The highest BCUT2D eigenvalue weighted by Gasteiger charge is 2.27. The quantitative estimate of drug-likeness (QED) is 0.457. The van der Waals surface area contributed by atoms with Gasteiger partial charge in [0.25, 0.3) is 0 Å². The number of methoxy groups -OCH3 is 1. The van der Waals surface area contributed by atoms with Gasteiger partial charge in [-0.25, -0.2) is 13.2 Å². The molecule has 19 heavy (non-hydrogen) atoms. The number of ether oxygens (including phenoxy) is 2. The number of hydrogen-bond acceptors (Lipinski definition) is 6. The molecule has 1 rings (SSSR count). The second-order valence-corrected chi connectivity index (χ2v) is 6.06. The van der Waals surface area contributed by atoms with Crippen LogP contribution in [0.2, 0.25) is 0 Å². The average molecular weight is 291 g/mol. The van der Waals surface area contributed by atoms with Crippen molar-refractivity contribution in [1.29, 1.82) is 0 Å². The van der Waals surface area contributed by atoms with Gasteiger partial charge in [-0.3, -0.25) is 4.79 Å². The van der Waals surface area contributed by atoms with Gasteiger partial charge in [-0.2, -0.15) is 4.31 Å². The standard InChI is InChI=1S/C11H17NO6S/c1-17-9-10(13)3-4-11(14)18-7-6-12-5-2-8-19(12,15)16/h3-4H,2,5-9H2,1H3/b4-3+. The first-order valence-electron chi connectivity index (χ1n) is 5.80. The Labute approximate surface area is 112 Å². The number of esters is 1. The zero-order valence-electron chi connectivity index (χ0n) is 10.7. The summed E-state index contributed by atoms with van der Waals surface area (Å²) in [7, 11) is -1.79. The summed E-state index contributed by atoms with van der Waals surface area (Å²) in [6.45, 7) is 0.479. The highest BCUT2D eigenvalue weighted by atomic mass is 32.2. The third-order valence-electron chi connectivity index (χ3n) is 2.48. The van der Waals surface area contributed by atoms with Gasteiger partial charge < -0.3 is 9.47 Å². The minimum Gasteiger partial charge on any atom is -0.461 e. The molecule has 108 valence electrons. The van der Waals surface area contributed by atoms with Crippen LogP contribution in [0.25, 0.3) is 0 Å². The molecule has 1 saturated heterocycles. The number of carbonyl (C=O) groups excluding carboxylic acids is 2. The molecule has 0 aromatic rings. The summed E-state index contributed by atoms with van der Waals surface area (Å²) in [4.78, 5) is 22.2. The van der Waals surface area contributed by atoms with Crippen LogP contribution >= 0.6 is 0 Å². The molecular formula is C11H17NO6S. The van der Waals surface area contributed by atoms with Crippen molar-refractivity contribution >= 4 is 21.8 Å². The van der Waals surface area contributed by atoms with Crippen molar-refractivity contribution in [2.45, 2.75) is 6.42 Å². The monoisotopic (exact) mass is 291 g/mol. The van der Waals surface area contributed by atoms with Gasteiger partial charge in [0, 0.05) is 26.3 Å². The largest absolute Gasteiger partial charge is 0.461 e. The van der Waals surface area contributed by atoms with Crippen LogP contribution in [0.3, 0.4) is 0 Å². The van der Waals surface area contributed by atoms with Crippen molar-refractivity contribution in [3.8, 4) is 0 Å². The first-order valence-corrected chi connectivity index (χ1v) is 7.41. The van der Waals surface area contributed by atoms with E-state index in [-0.39, 0.29) is 31.3 Å². The smallest absolute Gasteiger partial charge is 0.330 e. The number of hydrogen-bond donors (Lipinski definition) is 0. The molecule has 0 saturated carbocycles. The summed E-state index contributed by atoms with van der Waals surface area (Å²) in [5.41, 5.74) is 0. The van der Waals surface area contributed by atoms with Crippen LogP contribution in [-0.4, -0.2) is 63.6 Å². The molecule has 0 bridgehead atoms. The fraction of sp³-hybridized carbons (Fsp3) is 0.636. The second kappa shape index (κ2) is 7.37. The molecule has 0 unspecified atom stereocenters. The van der Waals surface area contributed by atoms with Gasteiger partial charge in [-0.05, 0) is 12.5 Å². The molecule has 7 nitrogen and oxygen atoms in total. The molecule has 8 heteroatoms. The number of ketones is 1. The predicted molar refractivity (Wildman–Crippen MR) is 67.0 cm³/mol. The fourth-order valence-corrected chi connectivity index (χ4v) is 3.10. The summed E-state index contributed by atoms with van der Waals surface area (Å²) in [6, 6.07) is 0. The maximum Gasteiger partial charge on any atom is 0.330 e. The van der Waals surface area contributed by atoms with Crippen molar-refractivity contribution < 1.29 is 27.5 Å². The van der Waals surface area contributed by atoms with Crippen LogP contribution in [0.5, 0.6) is 0 Å². The van der Waals surface area contributed by atoms with E-state index in [1.807, 2.05) is 0 Å². The second-order valence-electron chi connectivity index (χ2n) is 3.97.